The summed E-state index contributed by atoms with van der Waals surface area (Å²) in [6.07, 6.45) is 1.85. The van der Waals surface area contributed by atoms with Crippen LogP contribution in [0.1, 0.15) is 0 Å². The van der Waals surface area contributed by atoms with Crippen LogP contribution in [0.4, 0.5) is 5.82 Å². The summed E-state index contributed by atoms with van der Waals surface area (Å²) in [5.41, 5.74) is 0. The zero-order valence-corrected chi connectivity index (χ0v) is 5.91. The molecule has 4 heteroatoms. The Hall–Kier alpha value is -1.03. The average Bonchev–Trinajstić information content (AvgIpc) is 2.31. The van der Waals surface area contributed by atoms with Crippen molar-refractivity contribution in [1.29, 1.82) is 0 Å². The fraction of sp³-hybridized carbons (Fsp3) is 0.500. The van der Waals surface area contributed by atoms with Crippen molar-refractivity contribution in [3.05, 3.63) is 12.3 Å². The minimum absolute atomic E-state index is 0.135. The first kappa shape index (κ1) is 7.08. The maximum Gasteiger partial charge on any atom is 0.148 e. The van der Waals surface area contributed by atoms with E-state index in [0.717, 1.165) is 5.82 Å². The minimum atomic E-state index is 0.135. The molecule has 0 atom stereocenters. The monoisotopic (exact) mass is 141 g/mol. The predicted molar refractivity (Wildman–Crippen MR) is 38.8 cm³/mol. The van der Waals surface area contributed by atoms with Crippen LogP contribution in [-0.2, 0) is 7.05 Å². The molecule has 0 radical (unpaired) electrons. The number of hydrogen-bond donors (Lipinski definition) is 2. The quantitative estimate of drug-likeness (QED) is 0.614. The first-order chi connectivity index (χ1) is 4.83. The molecule has 1 aromatic heterocycles. The van der Waals surface area contributed by atoms with Crippen LogP contribution in [0.2, 0.25) is 0 Å². The van der Waals surface area contributed by atoms with Crippen LogP contribution in [0.5, 0.6) is 0 Å². The second-order valence-corrected chi connectivity index (χ2v) is 2.03. The molecule has 1 rings (SSSR count). The van der Waals surface area contributed by atoms with Gasteiger partial charge in [0.15, 0.2) is 0 Å². The van der Waals surface area contributed by atoms with Crippen LogP contribution in [0.3, 0.4) is 0 Å². The van der Waals surface area contributed by atoms with Gasteiger partial charge < -0.3 is 10.4 Å². The summed E-state index contributed by atoms with van der Waals surface area (Å²) in [4.78, 5) is 0. The SMILES string of the molecule is Cn1ccc(NCCO)n1. The Labute approximate surface area is 59.5 Å². The van der Waals surface area contributed by atoms with Crippen molar-refractivity contribution in [2.45, 2.75) is 0 Å². The lowest BCUT2D eigenvalue weighted by Crippen LogP contribution is -2.06. The molecule has 0 saturated heterocycles. The van der Waals surface area contributed by atoms with E-state index in [4.69, 9.17) is 5.11 Å². The van der Waals surface area contributed by atoms with Crippen molar-refractivity contribution in [3.8, 4) is 0 Å². The highest BCUT2D eigenvalue weighted by Crippen LogP contribution is 1.98. The van der Waals surface area contributed by atoms with Gasteiger partial charge in [-0.15, -0.1) is 0 Å². The van der Waals surface area contributed by atoms with Crippen molar-refractivity contribution in [3.63, 3.8) is 0 Å². The summed E-state index contributed by atoms with van der Waals surface area (Å²) >= 11 is 0. The molecule has 0 aliphatic carbocycles. The summed E-state index contributed by atoms with van der Waals surface area (Å²) < 4.78 is 1.71. The molecule has 56 valence electrons. The molecule has 0 saturated carbocycles. The molecule has 1 heterocycles. The van der Waals surface area contributed by atoms with Crippen molar-refractivity contribution in [1.82, 2.24) is 9.78 Å². The highest BCUT2D eigenvalue weighted by molar-refractivity contribution is 5.31. The number of hydrogen-bond acceptors (Lipinski definition) is 3. The van der Waals surface area contributed by atoms with E-state index in [1.54, 1.807) is 4.68 Å². The first-order valence-corrected chi connectivity index (χ1v) is 3.17. The number of anilines is 1. The molecular formula is C6H11N3O. The molecule has 0 unspecified atom stereocenters. The molecule has 1 aromatic rings. The molecule has 0 aliphatic rings. The number of aliphatic hydroxyl groups is 1. The highest BCUT2D eigenvalue weighted by Gasteiger charge is 1.91. The van der Waals surface area contributed by atoms with Gasteiger partial charge in [-0.05, 0) is 0 Å². The van der Waals surface area contributed by atoms with Crippen LogP contribution >= 0.6 is 0 Å². The van der Waals surface area contributed by atoms with Gasteiger partial charge in [0.25, 0.3) is 0 Å². The van der Waals surface area contributed by atoms with E-state index in [1.165, 1.54) is 0 Å². The molecule has 0 fully saturated rings. The van der Waals surface area contributed by atoms with Gasteiger partial charge in [-0.1, -0.05) is 0 Å². The molecule has 0 aromatic carbocycles. The van der Waals surface area contributed by atoms with E-state index in [-0.39, 0.29) is 6.61 Å². The Morgan fingerprint density at radius 2 is 2.60 bits per heavy atom. The number of aliphatic hydroxyl groups excluding tert-OH is 1. The van der Waals surface area contributed by atoms with Crippen molar-refractivity contribution >= 4 is 5.82 Å². The second kappa shape index (κ2) is 3.22. The predicted octanol–water partition coefficient (Wildman–Crippen LogP) is -0.176. The van der Waals surface area contributed by atoms with Gasteiger partial charge in [-0.3, -0.25) is 4.68 Å². The largest absolute Gasteiger partial charge is 0.395 e. The average molecular weight is 141 g/mol. The van der Waals surface area contributed by atoms with Gasteiger partial charge in [0.2, 0.25) is 0 Å². The third-order valence-electron chi connectivity index (χ3n) is 1.13. The Balaban J connectivity index is 2.42. The van der Waals surface area contributed by atoms with Crippen molar-refractivity contribution < 1.29 is 5.11 Å². The van der Waals surface area contributed by atoms with Crippen LogP contribution in [0.15, 0.2) is 12.3 Å². The Bertz CT molecular complexity index is 197. The van der Waals surface area contributed by atoms with Crippen LogP contribution in [-0.4, -0.2) is 28.0 Å². The number of rotatable bonds is 3. The molecule has 10 heavy (non-hydrogen) atoms. The molecule has 4 nitrogen and oxygen atoms in total. The van der Waals surface area contributed by atoms with E-state index < -0.39 is 0 Å². The van der Waals surface area contributed by atoms with Gasteiger partial charge in [-0.2, -0.15) is 5.10 Å². The van der Waals surface area contributed by atoms with Gasteiger partial charge in [0, 0.05) is 25.9 Å². The van der Waals surface area contributed by atoms with E-state index in [2.05, 4.69) is 10.4 Å². The summed E-state index contributed by atoms with van der Waals surface area (Å²) in [6, 6.07) is 1.86. The highest BCUT2D eigenvalue weighted by atomic mass is 16.3. The third kappa shape index (κ3) is 1.73. The number of aromatic nitrogens is 2. The standard InChI is InChI=1S/C6H11N3O/c1-9-4-2-6(8-9)7-3-5-10/h2,4,10H,3,5H2,1H3,(H,7,8). The Kier molecular flexibility index (Phi) is 2.28. The van der Waals surface area contributed by atoms with Gasteiger partial charge in [0.1, 0.15) is 5.82 Å². The Morgan fingerprint density at radius 1 is 1.80 bits per heavy atom. The first-order valence-electron chi connectivity index (χ1n) is 3.17. The molecule has 0 aliphatic heterocycles. The van der Waals surface area contributed by atoms with Crippen molar-refractivity contribution in [2.24, 2.45) is 7.05 Å². The zero-order valence-electron chi connectivity index (χ0n) is 5.91. The van der Waals surface area contributed by atoms with E-state index in [0.29, 0.717) is 6.54 Å². The van der Waals surface area contributed by atoms with Crippen LogP contribution < -0.4 is 5.32 Å². The molecular weight excluding hydrogens is 130 g/mol. The Morgan fingerprint density at radius 3 is 3.10 bits per heavy atom. The topological polar surface area (TPSA) is 50.1 Å². The smallest absolute Gasteiger partial charge is 0.148 e. The van der Waals surface area contributed by atoms with E-state index in [1.807, 2.05) is 19.3 Å². The molecule has 0 bridgehead atoms. The summed E-state index contributed by atoms with van der Waals surface area (Å²) in [5, 5.41) is 15.4. The number of nitrogens with zero attached hydrogens (tertiary/aromatic N) is 2. The zero-order chi connectivity index (χ0) is 7.40. The lowest BCUT2D eigenvalue weighted by molar-refractivity contribution is 0.311. The number of aryl methyl sites for hydroxylation is 1. The van der Waals surface area contributed by atoms with Gasteiger partial charge in [-0.25, -0.2) is 0 Å². The number of nitrogens with one attached hydrogen (secondary N) is 1. The van der Waals surface area contributed by atoms with E-state index >= 15 is 0 Å². The molecule has 0 spiro atoms. The maximum atomic E-state index is 8.44. The maximum absolute atomic E-state index is 8.44. The fourth-order valence-electron chi connectivity index (χ4n) is 0.693. The normalized spacial score (nSPS) is 9.80. The second-order valence-electron chi connectivity index (χ2n) is 2.03. The van der Waals surface area contributed by atoms with Gasteiger partial charge >= 0.3 is 0 Å². The summed E-state index contributed by atoms with van der Waals surface area (Å²) in [5.74, 6) is 0.802. The van der Waals surface area contributed by atoms with Crippen molar-refractivity contribution in [2.75, 3.05) is 18.5 Å². The summed E-state index contributed by atoms with van der Waals surface area (Å²) in [6.45, 7) is 0.688. The lowest BCUT2D eigenvalue weighted by atomic mass is 10.6. The molecule has 2 N–H and O–H groups in total. The van der Waals surface area contributed by atoms with Gasteiger partial charge in [0.05, 0.1) is 6.61 Å². The van der Waals surface area contributed by atoms with Crippen LogP contribution in [0.25, 0.3) is 0 Å². The van der Waals surface area contributed by atoms with Crippen LogP contribution in [0, 0.1) is 0 Å². The third-order valence-corrected chi connectivity index (χ3v) is 1.13. The van der Waals surface area contributed by atoms with E-state index in [9.17, 15) is 0 Å². The summed E-state index contributed by atoms with van der Waals surface area (Å²) in [7, 11) is 1.85. The minimum Gasteiger partial charge on any atom is -0.395 e. The molecule has 0 amide bonds. The lowest BCUT2D eigenvalue weighted by Gasteiger charge is -1.96. The fourth-order valence-corrected chi connectivity index (χ4v) is 0.693.